The zero-order chi connectivity index (χ0) is 14.7. The Morgan fingerprint density at radius 2 is 2.00 bits per heavy atom. The third kappa shape index (κ3) is 3.22. The molecule has 5 heteroatoms. The molecule has 0 saturated heterocycles. The molecule has 2 rings (SSSR count). The minimum atomic E-state index is -0.904. The van der Waals surface area contributed by atoms with Crippen LogP contribution < -0.4 is 0 Å². The predicted octanol–water partition coefficient (Wildman–Crippen LogP) is 5.20. The number of carbonyl (C=O) groups is 1. The second kappa shape index (κ2) is 6.70. The van der Waals surface area contributed by atoms with E-state index in [4.69, 9.17) is 11.6 Å². The molecule has 0 radical (unpaired) electrons. The van der Waals surface area contributed by atoms with E-state index >= 15 is 0 Å². The van der Waals surface area contributed by atoms with Gasteiger partial charge in [-0.15, -0.1) is 0 Å². The molecule has 0 N–H and O–H groups in total. The van der Waals surface area contributed by atoms with Crippen molar-refractivity contribution in [2.75, 3.05) is 0 Å². The fourth-order valence-corrected chi connectivity index (χ4v) is 3.00. The number of nitriles is 1. The summed E-state index contributed by atoms with van der Waals surface area (Å²) in [6.45, 7) is 0. The molecule has 0 aliphatic heterocycles. The molecule has 1 unspecified atom stereocenters. The quantitative estimate of drug-likeness (QED) is 0.467. The van der Waals surface area contributed by atoms with Gasteiger partial charge in [0.2, 0.25) is 0 Å². The number of benzene rings is 2. The van der Waals surface area contributed by atoms with Gasteiger partial charge >= 0.3 is 0 Å². The van der Waals surface area contributed by atoms with Crippen molar-refractivity contribution in [3.8, 4) is 6.07 Å². The fraction of sp³-hybridized carbons (Fsp3) is 0.0667. The van der Waals surface area contributed by atoms with Crippen LogP contribution in [0.1, 0.15) is 21.8 Å². The van der Waals surface area contributed by atoms with Crippen molar-refractivity contribution in [1.82, 2.24) is 0 Å². The molecule has 0 bridgehead atoms. The molecule has 0 aromatic heterocycles. The molecular formula is C15H8BrClINO. The predicted molar refractivity (Wildman–Crippen MR) is 91.0 cm³/mol. The standard InChI is InChI=1S/C15H8BrClINO/c16-13-6-5-9(18)7-11(13)15(20)12(8-19)10-3-1-2-4-14(10)17/h1-7,12H. The average Bonchev–Trinajstić information content (AvgIpc) is 2.44. The van der Waals surface area contributed by atoms with Gasteiger partial charge in [-0.25, -0.2) is 0 Å². The third-order valence-electron chi connectivity index (χ3n) is 2.80. The lowest BCUT2D eigenvalue weighted by Gasteiger charge is -2.12. The van der Waals surface area contributed by atoms with E-state index in [0.29, 0.717) is 20.6 Å². The Morgan fingerprint density at radius 1 is 1.30 bits per heavy atom. The van der Waals surface area contributed by atoms with E-state index in [1.807, 2.05) is 12.1 Å². The highest BCUT2D eigenvalue weighted by molar-refractivity contribution is 14.1. The number of Topliss-reactive ketones (excluding diaryl/α,β-unsaturated/α-hetero) is 1. The minimum absolute atomic E-state index is 0.258. The van der Waals surface area contributed by atoms with Crippen LogP contribution in [0.4, 0.5) is 0 Å². The van der Waals surface area contributed by atoms with E-state index in [9.17, 15) is 10.1 Å². The van der Waals surface area contributed by atoms with Crippen LogP contribution in [0.25, 0.3) is 0 Å². The molecule has 100 valence electrons. The summed E-state index contributed by atoms with van der Waals surface area (Å²) in [7, 11) is 0. The SMILES string of the molecule is N#CC(C(=O)c1cc(I)ccc1Br)c1ccccc1Cl. The molecule has 2 aromatic carbocycles. The number of hydrogen-bond acceptors (Lipinski definition) is 2. The van der Waals surface area contributed by atoms with Gasteiger partial charge in [-0.2, -0.15) is 5.26 Å². The van der Waals surface area contributed by atoms with Gasteiger partial charge in [0.05, 0.1) is 6.07 Å². The van der Waals surface area contributed by atoms with Gasteiger partial charge in [0.1, 0.15) is 5.92 Å². The van der Waals surface area contributed by atoms with E-state index in [0.717, 1.165) is 3.57 Å². The minimum Gasteiger partial charge on any atom is -0.292 e. The van der Waals surface area contributed by atoms with Gasteiger partial charge in [-0.05, 0) is 52.4 Å². The van der Waals surface area contributed by atoms with Crippen molar-refractivity contribution in [3.05, 3.63) is 66.7 Å². The molecule has 0 amide bonds. The van der Waals surface area contributed by atoms with Crippen molar-refractivity contribution in [2.45, 2.75) is 5.92 Å². The Bertz CT molecular complexity index is 711. The van der Waals surface area contributed by atoms with Crippen LogP contribution in [0.15, 0.2) is 46.9 Å². The molecule has 0 spiro atoms. The summed E-state index contributed by atoms with van der Waals surface area (Å²) >= 11 is 11.6. The molecule has 20 heavy (non-hydrogen) atoms. The van der Waals surface area contributed by atoms with Gasteiger partial charge in [0, 0.05) is 18.6 Å². The van der Waals surface area contributed by atoms with Gasteiger partial charge in [0.15, 0.2) is 5.78 Å². The van der Waals surface area contributed by atoms with E-state index in [2.05, 4.69) is 38.5 Å². The highest BCUT2D eigenvalue weighted by Gasteiger charge is 2.25. The molecular weight excluding hydrogens is 452 g/mol. The van der Waals surface area contributed by atoms with Crippen molar-refractivity contribution >= 4 is 55.9 Å². The van der Waals surface area contributed by atoms with E-state index in [1.165, 1.54) is 0 Å². The maximum atomic E-state index is 12.6. The first-order valence-electron chi connectivity index (χ1n) is 5.68. The summed E-state index contributed by atoms with van der Waals surface area (Å²) in [5, 5.41) is 9.77. The maximum absolute atomic E-state index is 12.6. The zero-order valence-corrected chi connectivity index (χ0v) is 14.6. The molecule has 0 aliphatic carbocycles. The van der Waals surface area contributed by atoms with Gasteiger partial charge < -0.3 is 0 Å². The van der Waals surface area contributed by atoms with Crippen LogP contribution in [0.3, 0.4) is 0 Å². The van der Waals surface area contributed by atoms with Crippen LogP contribution in [-0.2, 0) is 0 Å². The fourth-order valence-electron chi connectivity index (χ4n) is 1.82. The van der Waals surface area contributed by atoms with Crippen molar-refractivity contribution in [2.24, 2.45) is 0 Å². The third-order valence-corrected chi connectivity index (χ3v) is 4.51. The lowest BCUT2D eigenvalue weighted by Crippen LogP contribution is -2.12. The topological polar surface area (TPSA) is 40.9 Å². The number of halogens is 3. The average molecular weight is 460 g/mol. The van der Waals surface area contributed by atoms with E-state index in [-0.39, 0.29) is 5.78 Å². The summed E-state index contributed by atoms with van der Waals surface area (Å²) in [6.07, 6.45) is 0. The van der Waals surface area contributed by atoms with Crippen LogP contribution in [0, 0.1) is 14.9 Å². The number of hydrogen-bond donors (Lipinski definition) is 0. The molecule has 2 aromatic rings. The zero-order valence-electron chi connectivity index (χ0n) is 10.1. The van der Waals surface area contributed by atoms with Crippen LogP contribution in [-0.4, -0.2) is 5.78 Å². The Morgan fingerprint density at radius 3 is 2.65 bits per heavy atom. The number of ketones is 1. The number of carbonyl (C=O) groups excluding carboxylic acids is 1. The lowest BCUT2D eigenvalue weighted by molar-refractivity contribution is 0.0978. The first-order chi connectivity index (χ1) is 9.54. The summed E-state index contributed by atoms with van der Waals surface area (Å²) in [6, 6.07) is 14.4. The van der Waals surface area contributed by atoms with E-state index in [1.54, 1.807) is 36.4 Å². The van der Waals surface area contributed by atoms with E-state index < -0.39 is 5.92 Å². The van der Waals surface area contributed by atoms with Crippen LogP contribution in [0.5, 0.6) is 0 Å². The Kier molecular flexibility index (Phi) is 5.19. The Labute approximate surface area is 144 Å². The smallest absolute Gasteiger partial charge is 0.185 e. The summed E-state index contributed by atoms with van der Waals surface area (Å²) < 4.78 is 1.61. The maximum Gasteiger partial charge on any atom is 0.185 e. The molecule has 0 heterocycles. The second-order valence-corrected chi connectivity index (χ2v) is 6.58. The Hall–Kier alpha value is -0.900. The van der Waals surface area contributed by atoms with Crippen LogP contribution >= 0.6 is 50.1 Å². The monoisotopic (exact) mass is 459 g/mol. The lowest BCUT2D eigenvalue weighted by atomic mass is 9.92. The summed E-state index contributed by atoms with van der Waals surface area (Å²) in [4.78, 5) is 12.6. The molecule has 0 saturated carbocycles. The van der Waals surface area contributed by atoms with Crippen molar-refractivity contribution < 1.29 is 4.79 Å². The first kappa shape index (κ1) is 15.5. The molecule has 0 aliphatic rings. The van der Waals surface area contributed by atoms with Gasteiger partial charge in [0.25, 0.3) is 0 Å². The molecule has 1 atom stereocenters. The highest BCUT2D eigenvalue weighted by atomic mass is 127. The molecule has 0 fully saturated rings. The Balaban J connectivity index is 2.48. The normalized spacial score (nSPS) is 11.7. The first-order valence-corrected chi connectivity index (χ1v) is 7.93. The molecule has 2 nitrogen and oxygen atoms in total. The second-order valence-electron chi connectivity index (χ2n) is 4.07. The summed E-state index contributed by atoms with van der Waals surface area (Å²) in [5.74, 6) is -1.16. The highest BCUT2D eigenvalue weighted by Crippen LogP contribution is 2.30. The summed E-state index contributed by atoms with van der Waals surface area (Å²) in [5.41, 5.74) is 1.02. The van der Waals surface area contributed by atoms with Crippen molar-refractivity contribution in [1.29, 1.82) is 5.26 Å². The van der Waals surface area contributed by atoms with Crippen molar-refractivity contribution in [3.63, 3.8) is 0 Å². The van der Waals surface area contributed by atoms with Gasteiger partial charge in [-0.1, -0.05) is 45.7 Å². The number of rotatable bonds is 3. The number of nitrogens with zero attached hydrogens (tertiary/aromatic N) is 1. The van der Waals surface area contributed by atoms with Gasteiger partial charge in [-0.3, -0.25) is 4.79 Å². The van der Waals surface area contributed by atoms with Crippen LogP contribution in [0.2, 0.25) is 5.02 Å². The largest absolute Gasteiger partial charge is 0.292 e.